The van der Waals surface area contributed by atoms with Crippen molar-refractivity contribution in [3.63, 3.8) is 0 Å². The number of anilines is 1. The Morgan fingerprint density at radius 2 is 1.97 bits per heavy atom. The molecule has 4 heterocycles. The van der Waals surface area contributed by atoms with E-state index in [1.807, 2.05) is 18.3 Å². The van der Waals surface area contributed by atoms with Crippen LogP contribution in [0.1, 0.15) is 57.3 Å². The van der Waals surface area contributed by atoms with Gasteiger partial charge >= 0.3 is 0 Å². The van der Waals surface area contributed by atoms with E-state index in [0.717, 1.165) is 82.2 Å². The molecule has 0 N–H and O–H groups in total. The largest absolute Gasteiger partial charge is 0.355 e. The quantitative estimate of drug-likeness (QED) is 0.685. The molecule has 3 aliphatic rings. The van der Waals surface area contributed by atoms with Crippen LogP contribution in [0.3, 0.4) is 0 Å². The highest BCUT2D eigenvalue weighted by Gasteiger charge is 2.33. The van der Waals surface area contributed by atoms with Gasteiger partial charge < -0.3 is 14.3 Å². The van der Waals surface area contributed by atoms with E-state index in [1.54, 1.807) is 0 Å². The van der Waals surface area contributed by atoms with Crippen LogP contribution >= 0.6 is 0 Å². The fraction of sp³-hybridized carbons (Fsp3) is 0.667. The van der Waals surface area contributed by atoms with Crippen molar-refractivity contribution in [3.05, 3.63) is 24.2 Å². The molecule has 3 fully saturated rings. The molecule has 8 heteroatoms. The zero-order valence-electron chi connectivity index (χ0n) is 19.1. The maximum atomic E-state index is 13.3. The minimum atomic E-state index is 0.0205. The van der Waals surface area contributed by atoms with E-state index in [9.17, 15) is 4.79 Å². The van der Waals surface area contributed by atoms with E-state index >= 15 is 0 Å². The Balaban J connectivity index is 1.28. The molecule has 2 aliphatic heterocycles. The summed E-state index contributed by atoms with van der Waals surface area (Å²) in [7, 11) is 0. The molecule has 2 aromatic rings. The lowest BCUT2D eigenvalue weighted by Gasteiger charge is -2.39. The van der Waals surface area contributed by atoms with Gasteiger partial charge in [0.2, 0.25) is 17.6 Å². The van der Waals surface area contributed by atoms with Gasteiger partial charge in [-0.2, -0.15) is 4.98 Å². The van der Waals surface area contributed by atoms with E-state index in [2.05, 4.69) is 36.7 Å². The predicted octanol–water partition coefficient (Wildman–Crippen LogP) is 3.17. The average Bonchev–Trinajstić information content (AvgIpc) is 3.27. The van der Waals surface area contributed by atoms with Gasteiger partial charge in [-0.1, -0.05) is 18.5 Å². The van der Waals surface area contributed by atoms with Crippen LogP contribution in [0.4, 0.5) is 5.82 Å². The first-order valence-electron chi connectivity index (χ1n) is 12.3. The summed E-state index contributed by atoms with van der Waals surface area (Å²) in [4.78, 5) is 29.4. The molecule has 0 radical (unpaired) electrons. The molecular weight excluding hydrogens is 404 g/mol. The molecule has 2 saturated heterocycles. The van der Waals surface area contributed by atoms with Crippen LogP contribution in [0.5, 0.6) is 0 Å². The van der Waals surface area contributed by atoms with Gasteiger partial charge in [-0.05, 0) is 50.8 Å². The SMILES string of the molecule is CCCN1CCN(C(=O)C2CCCN(c3ncccc3-c3noc(C4CCC4)n3)C2)CC1. The van der Waals surface area contributed by atoms with Crippen LogP contribution < -0.4 is 4.90 Å². The number of piperazine rings is 1. The van der Waals surface area contributed by atoms with Crippen molar-refractivity contribution < 1.29 is 9.32 Å². The second-order valence-electron chi connectivity index (χ2n) is 9.41. The Kier molecular flexibility index (Phi) is 6.39. The summed E-state index contributed by atoms with van der Waals surface area (Å²) in [5.74, 6) is 2.94. The van der Waals surface area contributed by atoms with Crippen LogP contribution in [0.25, 0.3) is 11.4 Å². The number of pyridine rings is 1. The number of rotatable bonds is 6. The maximum Gasteiger partial charge on any atom is 0.230 e. The molecule has 1 aliphatic carbocycles. The average molecular weight is 439 g/mol. The second-order valence-corrected chi connectivity index (χ2v) is 9.41. The minimum Gasteiger partial charge on any atom is -0.355 e. The molecule has 172 valence electrons. The highest BCUT2D eigenvalue weighted by Crippen LogP contribution is 2.37. The maximum absolute atomic E-state index is 13.3. The highest BCUT2D eigenvalue weighted by molar-refractivity contribution is 5.80. The molecule has 2 aromatic heterocycles. The fourth-order valence-corrected chi connectivity index (χ4v) is 5.13. The number of hydrogen-bond acceptors (Lipinski definition) is 7. The van der Waals surface area contributed by atoms with Crippen LogP contribution in [-0.4, -0.2) is 76.6 Å². The summed E-state index contributed by atoms with van der Waals surface area (Å²) in [6.45, 7) is 8.59. The first kappa shape index (κ1) is 21.4. The Bertz CT molecular complexity index is 919. The van der Waals surface area contributed by atoms with E-state index in [-0.39, 0.29) is 5.92 Å². The van der Waals surface area contributed by atoms with Crippen molar-refractivity contribution in [2.45, 2.75) is 51.4 Å². The van der Waals surface area contributed by atoms with Crippen LogP contribution in [0, 0.1) is 5.92 Å². The normalized spacial score (nSPS) is 22.7. The fourth-order valence-electron chi connectivity index (χ4n) is 5.13. The molecule has 1 saturated carbocycles. The third-order valence-corrected chi connectivity index (χ3v) is 7.22. The summed E-state index contributed by atoms with van der Waals surface area (Å²) in [5.41, 5.74) is 0.892. The van der Waals surface area contributed by atoms with Crippen molar-refractivity contribution in [1.29, 1.82) is 0 Å². The lowest BCUT2D eigenvalue weighted by atomic mass is 9.85. The third kappa shape index (κ3) is 4.37. The summed E-state index contributed by atoms with van der Waals surface area (Å²) in [5, 5.41) is 4.26. The number of piperidine rings is 1. The first-order chi connectivity index (χ1) is 15.7. The van der Waals surface area contributed by atoms with Crippen molar-refractivity contribution in [3.8, 4) is 11.4 Å². The molecular formula is C24H34N6O2. The summed E-state index contributed by atoms with van der Waals surface area (Å²) in [6, 6.07) is 3.93. The van der Waals surface area contributed by atoms with Gasteiger partial charge in [0, 0.05) is 51.4 Å². The first-order valence-corrected chi connectivity index (χ1v) is 12.3. The van der Waals surface area contributed by atoms with Crippen LogP contribution in [0.15, 0.2) is 22.9 Å². The van der Waals surface area contributed by atoms with E-state index in [1.165, 1.54) is 12.8 Å². The number of aromatic nitrogens is 3. The Morgan fingerprint density at radius 1 is 1.12 bits per heavy atom. The number of nitrogens with zero attached hydrogens (tertiary/aromatic N) is 6. The van der Waals surface area contributed by atoms with Gasteiger partial charge in [-0.15, -0.1) is 0 Å². The zero-order valence-corrected chi connectivity index (χ0v) is 19.1. The van der Waals surface area contributed by atoms with E-state index < -0.39 is 0 Å². The van der Waals surface area contributed by atoms with Crippen molar-refractivity contribution in [2.75, 3.05) is 50.7 Å². The third-order valence-electron chi connectivity index (χ3n) is 7.22. The molecule has 32 heavy (non-hydrogen) atoms. The molecule has 0 bridgehead atoms. The molecule has 1 amide bonds. The summed E-state index contributed by atoms with van der Waals surface area (Å²) < 4.78 is 5.56. The molecule has 5 rings (SSSR count). The monoisotopic (exact) mass is 438 g/mol. The standard InChI is InChI=1S/C24H34N6O2/c1-2-11-28-13-15-29(16-14-28)24(31)19-8-5-12-30(17-19)22-20(9-4-10-25-22)21-26-23(32-27-21)18-6-3-7-18/h4,9-10,18-19H,2-3,5-8,11-17H2,1H3. The molecule has 8 nitrogen and oxygen atoms in total. The predicted molar refractivity (Wildman–Crippen MR) is 122 cm³/mol. The van der Waals surface area contributed by atoms with Gasteiger partial charge in [0.15, 0.2) is 0 Å². The van der Waals surface area contributed by atoms with E-state index in [0.29, 0.717) is 24.2 Å². The smallest absolute Gasteiger partial charge is 0.230 e. The van der Waals surface area contributed by atoms with Crippen LogP contribution in [0.2, 0.25) is 0 Å². The lowest BCUT2D eigenvalue weighted by molar-refractivity contribution is -0.137. The Morgan fingerprint density at radius 3 is 2.72 bits per heavy atom. The number of carbonyl (C=O) groups is 1. The Hall–Kier alpha value is -2.48. The van der Waals surface area contributed by atoms with Crippen molar-refractivity contribution >= 4 is 11.7 Å². The van der Waals surface area contributed by atoms with Crippen molar-refractivity contribution in [1.82, 2.24) is 24.9 Å². The van der Waals surface area contributed by atoms with Gasteiger partial charge in [-0.3, -0.25) is 9.69 Å². The minimum absolute atomic E-state index is 0.0205. The van der Waals surface area contributed by atoms with Crippen molar-refractivity contribution in [2.24, 2.45) is 5.92 Å². The number of hydrogen-bond donors (Lipinski definition) is 0. The molecule has 0 spiro atoms. The summed E-state index contributed by atoms with van der Waals surface area (Å²) >= 11 is 0. The van der Waals surface area contributed by atoms with Gasteiger partial charge in [0.25, 0.3) is 0 Å². The zero-order chi connectivity index (χ0) is 21.9. The topological polar surface area (TPSA) is 78.6 Å². The van der Waals surface area contributed by atoms with Gasteiger partial charge in [0.1, 0.15) is 5.82 Å². The molecule has 0 aromatic carbocycles. The number of carbonyl (C=O) groups excluding carboxylic acids is 1. The molecule has 1 atom stereocenters. The number of amides is 1. The molecule has 1 unspecified atom stereocenters. The van der Waals surface area contributed by atoms with Crippen LogP contribution in [-0.2, 0) is 4.79 Å². The van der Waals surface area contributed by atoms with Gasteiger partial charge in [0.05, 0.1) is 11.5 Å². The lowest BCUT2D eigenvalue weighted by Crippen LogP contribution is -2.52. The summed E-state index contributed by atoms with van der Waals surface area (Å²) in [6.07, 6.45) is 8.40. The Labute approximate surface area is 190 Å². The van der Waals surface area contributed by atoms with E-state index in [4.69, 9.17) is 4.52 Å². The second kappa shape index (κ2) is 9.57. The highest BCUT2D eigenvalue weighted by atomic mass is 16.5. The van der Waals surface area contributed by atoms with Gasteiger partial charge in [-0.25, -0.2) is 4.98 Å².